The molecule has 0 aromatic heterocycles. The van der Waals surface area contributed by atoms with Gasteiger partial charge in [-0.3, -0.25) is 14.5 Å². The van der Waals surface area contributed by atoms with Crippen LogP contribution in [0.25, 0.3) is 0 Å². The second kappa shape index (κ2) is 8.11. The maximum atomic E-state index is 12.3. The van der Waals surface area contributed by atoms with Crippen molar-refractivity contribution in [2.75, 3.05) is 58.9 Å². The molecule has 3 rings (SSSR count). The Balaban J connectivity index is 1.37. The van der Waals surface area contributed by atoms with Crippen molar-refractivity contribution in [1.82, 2.24) is 20.0 Å². The Hall–Kier alpha value is -1.14. The maximum Gasteiger partial charge on any atom is 0.236 e. The average molecular weight is 322 g/mol. The highest BCUT2D eigenvalue weighted by Gasteiger charge is 2.24. The van der Waals surface area contributed by atoms with Crippen molar-refractivity contribution in [2.45, 2.75) is 32.1 Å². The molecule has 0 bridgehead atoms. The summed E-state index contributed by atoms with van der Waals surface area (Å²) in [6.45, 7) is 7.09. The van der Waals surface area contributed by atoms with Crippen LogP contribution >= 0.6 is 0 Å². The van der Waals surface area contributed by atoms with Gasteiger partial charge < -0.3 is 15.1 Å². The zero-order chi connectivity index (χ0) is 16.1. The Kier molecular flexibility index (Phi) is 5.89. The van der Waals surface area contributed by atoms with Gasteiger partial charge in [-0.05, 0) is 44.6 Å². The highest BCUT2D eigenvalue weighted by molar-refractivity contribution is 5.79. The number of amides is 2. The Bertz CT molecular complexity index is 419. The summed E-state index contributed by atoms with van der Waals surface area (Å²) in [5, 5.41) is 3.28. The standard InChI is InChI=1S/C17H30N4O2/c22-16(13-18-12-15-4-5-15)21-9-3-6-19(10-11-21)14-17(23)20-7-1-2-8-20/h15,18H,1-14H2. The Morgan fingerprint density at radius 3 is 2.26 bits per heavy atom. The van der Waals surface area contributed by atoms with Gasteiger partial charge in [0.25, 0.3) is 0 Å². The SMILES string of the molecule is O=C(CNCC1CC1)N1CCCN(CC(=O)N2CCCC2)CC1. The van der Waals surface area contributed by atoms with Gasteiger partial charge in [-0.1, -0.05) is 0 Å². The maximum absolute atomic E-state index is 12.3. The van der Waals surface area contributed by atoms with E-state index in [0.717, 1.165) is 71.0 Å². The first kappa shape index (κ1) is 16.7. The van der Waals surface area contributed by atoms with Crippen molar-refractivity contribution in [1.29, 1.82) is 0 Å². The molecular weight excluding hydrogens is 292 g/mol. The molecule has 0 aromatic rings. The second-order valence-electron chi connectivity index (χ2n) is 7.17. The number of nitrogens with zero attached hydrogens (tertiary/aromatic N) is 3. The first-order valence-corrected chi connectivity index (χ1v) is 9.21. The molecule has 3 aliphatic rings. The lowest BCUT2D eigenvalue weighted by Crippen LogP contribution is -2.42. The van der Waals surface area contributed by atoms with Crippen LogP contribution in [0.15, 0.2) is 0 Å². The van der Waals surface area contributed by atoms with Crippen molar-refractivity contribution >= 4 is 11.8 Å². The van der Waals surface area contributed by atoms with Crippen LogP contribution in [0.3, 0.4) is 0 Å². The molecule has 2 saturated heterocycles. The van der Waals surface area contributed by atoms with Gasteiger partial charge in [0.05, 0.1) is 13.1 Å². The van der Waals surface area contributed by atoms with Crippen LogP contribution in [0.4, 0.5) is 0 Å². The van der Waals surface area contributed by atoms with Crippen LogP contribution in [0.2, 0.25) is 0 Å². The number of hydrogen-bond donors (Lipinski definition) is 1. The fourth-order valence-electron chi connectivity index (χ4n) is 3.45. The fraction of sp³-hybridized carbons (Fsp3) is 0.882. The summed E-state index contributed by atoms with van der Waals surface area (Å²) in [5.74, 6) is 1.27. The quantitative estimate of drug-likeness (QED) is 0.756. The smallest absolute Gasteiger partial charge is 0.236 e. The van der Waals surface area contributed by atoms with Gasteiger partial charge in [0.2, 0.25) is 11.8 Å². The lowest BCUT2D eigenvalue weighted by Gasteiger charge is -2.24. The minimum atomic E-state index is 0.207. The third kappa shape index (κ3) is 5.18. The number of likely N-dealkylation sites (tertiary alicyclic amines) is 1. The summed E-state index contributed by atoms with van der Waals surface area (Å²) in [6.07, 6.45) is 5.86. The molecule has 1 saturated carbocycles. The molecule has 1 aliphatic carbocycles. The zero-order valence-electron chi connectivity index (χ0n) is 14.1. The zero-order valence-corrected chi connectivity index (χ0v) is 14.1. The highest BCUT2D eigenvalue weighted by Crippen LogP contribution is 2.27. The third-order valence-corrected chi connectivity index (χ3v) is 5.17. The summed E-state index contributed by atoms with van der Waals surface area (Å²) in [4.78, 5) is 30.7. The summed E-state index contributed by atoms with van der Waals surface area (Å²) in [5.41, 5.74) is 0. The van der Waals surface area contributed by atoms with E-state index < -0.39 is 0 Å². The van der Waals surface area contributed by atoms with Crippen LogP contribution < -0.4 is 5.32 Å². The molecule has 0 spiro atoms. The number of hydrogen-bond acceptors (Lipinski definition) is 4. The molecule has 0 radical (unpaired) electrons. The fourth-order valence-corrected chi connectivity index (χ4v) is 3.45. The molecule has 0 unspecified atom stereocenters. The van der Waals surface area contributed by atoms with E-state index in [0.29, 0.717) is 13.1 Å². The van der Waals surface area contributed by atoms with Crippen LogP contribution in [0, 0.1) is 5.92 Å². The van der Waals surface area contributed by atoms with E-state index in [1.807, 2.05) is 9.80 Å². The minimum Gasteiger partial charge on any atom is -0.342 e. The molecule has 2 aliphatic heterocycles. The van der Waals surface area contributed by atoms with Crippen LogP contribution in [0.1, 0.15) is 32.1 Å². The van der Waals surface area contributed by atoms with E-state index in [-0.39, 0.29) is 11.8 Å². The molecule has 23 heavy (non-hydrogen) atoms. The summed E-state index contributed by atoms with van der Waals surface area (Å²) in [6, 6.07) is 0. The van der Waals surface area contributed by atoms with E-state index in [4.69, 9.17) is 0 Å². The van der Waals surface area contributed by atoms with Gasteiger partial charge in [-0.15, -0.1) is 0 Å². The molecule has 1 N–H and O–H groups in total. The lowest BCUT2D eigenvalue weighted by atomic mass is 10.3. The van der Waals surface area contributed by atoms with Crippen LogP contribution in [0.5, 0.6) is 0 Å². The normalized spacial score (nSPS) is 23.1. The average Bonchev–Trinajstić information content (AvgIpc) is 3.25. The molecule has 2 heterocycles. The summed E-state index contributed by atoms with van der Waals surface area (Å²) >= 11 is 0. The van der Waals surface area contributed by atoms with E-state index in [1.54, 1.807) is 0 Å². The highest BCUT2D eigenvalue weighted by atomic mass is 16.2. The van der Waals surface area contributed by atoms with Gasteiger partial charge in [0.1, 0.15) is 0 Å². The Morgan fingerprint density at radius 1 is 0.826 bits per heavy atom. The molecule has 130 valence electrons. The minimum absolute atomic E-state index is 0.207. The van der Waals surface area contributed by atoms with Crippen molar-refractivity contribution in [3.05, 3.63) is 0 Å². The van der Waals surface area contributed by atoms with E-state index in [1.165, 1.54) is 12.8 Å². The molecule has 6 heteroatoms. The second-order valence-corrected chi connectivity index (χ2v) is 7.17. The van der Waals surface area contributed by atoms with Crippen molar-refractivity contribution in [3.8, 4) is 0 Å². The first-order chi connectivity index (χ1) is 11.2. The van der Waals surface area contributed by atoms with Gasteiger partial charge >= 0.3 is 0 Å². The van der Waals surface area contributed by atoms with E-state index in [2.05, 4.69) is 10.2 Å². The predicted octanol–water partition coefficient (Wildman–Crippen LogP) is 0.143. The largest absolute Gasteiger partial charge is 0.342 e. The lowest BCUT2D eigenvalue weighted by molar-refractivity contribution is -0.131. The predicted molar refractivity (Wildman–Crippen MR) is 89.0 cm³/mol. The Morgan fingerprint density at radius 2 is 1.52 bits per heavy atom. The number of nitrogens with one attached hydrogen (secondary N) is 1. The topological polar surface area (TPSA) is 55.9 Å². The van der Waals surface area contributed by atoms with Gasteiger partial charge in [-0.2, -0.15) is 0 Å². The van der Waals surface area contributed by atoms with Gasteiger partial charge in [-0.25, -0.2) is 0 Å². The third-order valence-electron chi connectivity index (χ3n) is 5.17. The molecule has 0 atom stereocenters. The molecule has 6 nitrogen and oxygen atoms in total. The molecular formula is C17H30N4O2. The van der Waals surface area contributed by atoms with Crippen molar-refractivity contribution in [3.63, 3.8) is 0 Å². The number of rotatable bonds is 6. The van der Waals surface area contributed by atoms with Crippen molar-refractivity contribution in [2.24, 2.45) is 5.92 Å². The van der Waals surface area contributed by atoms with E-state index in [9.17, 15) is 9.59 Å². The number of carbonyl (C=O) groups excluding carboxylic acids is 2. The molecule has 2 amide bonds. The summed E-state index contributed by atoms with van der Waals surface area (Å²) in [7, 11) is 0. The van der Waals surface area contributed by atoms with Crippen molar-refractivity contribution < 1.29 is 9.59 Å². The molecule has 0 aromatic carbocycles. The number of carbonyl (C=O) groups is 2. The van der Waals surface area contributed by atoms with Crippen LogP contribution in [-0.2, 0) is 9.59 Å². The monoisotopic (exact) mass is 322 g/mol. The van der Waals surface area contributed by atoms with Crippen LogP contribution in [-0.4, -0.2) is 85.4 Å². The Labute approximate surface area is 139 Å². The van der Waals surface area contributed by atoms with Gasteiger partial charge in [0, 0.05) is 39.3 Å². The van der Waals surface area contributed by atoms with Gasteiger partial charge in [0.15, 0.2) is 0 Å². The van der Waals surface area contributed by atoms with E-state index >= 15 is 0 Å². The first-order valence-electron chi connectivity index (χ1n) is 9.21. The molecule has 3 fully saturated rings. The summed E-state index contributed by atoms with van der Waals surface area (Å²) < 4.78 is 0.